The molecule has 190 valence electrons. The summed E-state index contributed by atoms with van der Waals surface area (Å²) in [6.45, 7) is 4.55. The van der Waals surface area contributed by atoms with Crippen molar-refractivity contribution in [3.63, 3.8) is 0 Å². The second-order valence-electron chi connectivity index (χ2n) is 8.68. The number of nitrogens with zero attached hydrogens (tertiary/aromatic N) is 3. The first kappa shape index (κ1) is 26.0. The van der Waals surface area contributed by atoms with Crippen LogP contribution in [0.2, 0.25) is 0 Å². The molecule has 1 atom stereocenters. The molecule has 2 aromatic carbocycles. The van der Waals surface area contributed by atoms with Gasteiger partial charge in [0, 0.05) is 36.1 Å². The highest BCUT2D eigenvalue weighted by Crippen LogP contribution is 2.27. The van der Waals surface area contributed by atoms with Crippen LogP contribution >= 0.6 is 0 Å². The zero-order valence-corrected chi connectivity index (χ0v) is 21.8. The van der Waals surface area contributed by atoms with Gasteiger partial charge in [-0.05, 0) is 63.2 Å². The lowest BCUT2D eigenvalue weighted by atomic mass is 10.1. The highest BCUT2D eigenvalue weighted by molar-refractivity contribution is 7.91. The topological polar surface area (TPSA) is 82.6 Å². The van der Waals surface area contributed by atoms with Crippen LogP contribution in [-0.2, 0) is 17.7 Å². The Morgan fingerprint density at radius 1 is 1.17 bits per heavy atom. The summed E-state index contributed by atoms with van der Waals surface area (Å²) in [4.78, 5) is 11.4. The third-order valence-corrected chi connectivity index (χ3v) is 7.07. The molecule has 8 heteroatoms. The molecule has 1 aliphatic heterocycles. The minimum Gasteiger partial charge on any atom is -0.616 e. The molecular formula is C28H34N4O3S. The van der Waals surface area contributed by atoms with Crippen LogP contribution in [0.1, 0.15) is 25.3 Å². The molecule has 2 heterocycles. The molecule has 0 saturated carbocycles. The highest BCUT2D eigenvalue weighted by Gasteiger charge is 2.12. The summed E-state index contributed by atoms with van der Waals surface area (Å²) in [7, 11) is 2.09. The number of rotatable bonds is 5. The minimum absolute atomic E-state index is 0.427. The Morgan fingerprint density at radius 3 is 2.97 bits per heavy atom. The van der Waals surface area contributed by atoms with E-state index in [9.17, 15) is 4.55 Å². The quantitative estimate of drug-likeness (QED) is 0.376. The van der Waals surface area contributed by atoms with E-state index in [0.717, 1.165) is 53.4 Å². The zero-order chi connectivity index (χ0) is 25.2. The number of allylic oxidation sites excluding steroid dienone is 1. The van der Waals surface area contributed by atoms with Crippen molar-refractivity contribution in [1.82, 2.24) is 14.9 Å². The Morgan fingerprint density at radius 2 is 2.08 bits per heavy atom. The maximum absolute atomic E-state index is 11.8. The van der Waals surface area contributed by atoms with E-state index in [0.29, 0.717) is 37.2 Å². The van der Waals surface area contributed by atoms with Crippen molar-refractivity contribution in [3.05, 3.63) is 72.4 Å². The summed E-state index contributed by atoms with van der Waals surface area (Å²) >= 11 is -0.853. The summed E-state index contributed by atoms with van der Waals surface area (Å²) in [6, 6.07) is 15.9. The van der Waals surface area contributed by atoms with Gasteiger partial charge in [-0.1, -0.05) is 35.5 Å². The zero-order valence-electron chi connectivity index (χ0n) is 21.0. The number of benzene rings is 2. The molecular weight excluding hydrogens is 472 g/mol. The second kappa shape index (κ2) is 13.3. The number of anilines is 2. The average Bonchev–Trinajstić information content (AvgIpc) is 2.89. The smallest absolute Gasteiger partial charge is 0.227 e. The summed E-state index contributed by atoms with van der Waals surface area (Å²) in [6.07, 6.45) is 8.07. The molecule has 0 amide bonds. The van der Waals surface area contributed by atoms with E-state index < -0.39 is 11.2 Å². The Balaban J connectivity index is 1.61. The molecule has 0 aliphatic carbocycles. The molecule has 4 rings (SSSR count). The van der Waals surface area contributed by atoms with E-state index in [1.165, 1.54) is 0 Å². The van der Waals surface area contributed by atoms with Gasteiger partial charge in [0.05, 0.1) is 12.3 Å². The maximum atomic E-state index is 11.8. The normalized spacial score (nSPS) is 16.4. The van der Waals surface area contributed by atoms with Crippen molar-refractivity contribution in [1.29, 1.82) is 0 Å². The van der Waals surface area contributed by atoms with Crippen LogP contribution in [0.15, 0.2) is 66.9 Å². The molecule has 6 bridgehead atoms. The molecule has 1 unspecified atom stereocenters. The van der Waals surface area contributed by atoms with E-state index in [2.05, 4.69) is 40.5 Å². The fraction of sp³-hybridized carbons (Fsp3) is 0.357. The van der Waals surface area contributed by atoms with Gasteiger partial charge in [0.1, 0.15) is 29.6 Å². The molecule has 0 spiro atoms. The lowest BCUT2D eigenvalue weighted by Crippen LogP contribution is -2.20. The Hall–Kier alpha value is -3.07. The summed E-state index contributed by atoms with van der Waals surface area (Å²) in [5, 5.41) is 3.34. The fourth-order valence-corrected chi connectivity index (χ4v) is 4.44. The SMILES string of the molecule is CC[S+]([O-])CCOc1ccc2cc1CN(C)C/C=C\CCCOc1cccc(c1)-c1ccnc(n1)N2. The third-order valence-electron chi connectivity index (χ3n) is 5.80. The van der Waals surface area contributed by atoms with Crippen molar-refractivity contribution in [2.75, 3.05) is 43.6 Å². The van der Waals surface area contributed by atoms with Crippen LogP contribution in [0.5, 0.6) is 11.5 Å². The Bertz CT molecular complexity index is 1160. The summed E-state index contributed by atoms with van der Waals surface area (Å²) < 4.78 is 23.8. The molecule has 1 aromatic heterocycles. The van der Waals surface area contributed by atoms with Gasteiger partial charge < -0.3 is 19.3 Å². The lowest BCUT2D eigenvalue weighted by Gasteiger charge is -2.19. The monoisotopic (exact) mass is 506 g/mol. The minimum atomic E-state index is -0.853. The Kier molecular flexibility index (Phi) is 9.61. The number of ether oxygens (including phenoxy) is 2. The largest absolute Gasteiger partial charge is 0.616 e. The van der Waals surface area contributed by atoms with Crippen molar-refractivity contribution < 1.29 is 14.0 Å². The number of hydrogen-bond acceptors (Lipinski definition) is 7. The number of likely N-dealkylation sites (N-methyl/N-ethyl adjacent to an activating group) is 1. The van der Waals surface area contributed by atoms with Crippen molar-refractivity contribution in [2.45, 2.75) is 26.3 Å². The van der Waals surface area contributed by atoms with Gasteiger partial charge >= 0.3 is 0 Å². The van der Waals surface area contributed by atoms with E-state index in [4.69, 9.17) is 14.5 Å². The molecule has 1 N–H and O–H groups in total. The Labute approximate surface area is 216 Å². The average molecular weight is 507 g/mol. The molecule has 36 heavy (non-hydrogen) atoms. The van der Waals surface area contributed by atoms with E-state index in [1.54, 1.807) is 6.20 Å². The number of aromatic nitrogens is 2. The second-order valence-corrected chi connectivity index (χ2v) is 10.5. The standard InChI is InChI=1S/C28H34N4O3S/c1-3-36(33)18-17-35-27-12-11-24-19-23(27)21-32(2)15-6-4-5-7-16-34-25-10-8-9-22(20-25)26-13-14-29-28(30-24)31-26/h4,6,8-14,19-20H,3,5,7,15-18,21H2,1-2H3,(H,29,30,31)/b6-4-. The van der Waals surface area contributed by atoms with E-state index in [1.807, 2.05) is 49.4 Å². The molecule has 0 fully saturated rings. The van der Waals surface area contributed by atoms with Gasteiger partial charge in [0.15, 0.2) is 0 Å². The molecule has 3 aromatic rings. The lowest BCUT2D eigenvalue weighted by molar-refractivity contribution is 0.311. The van der Waals surface area contributed by atoms with Gasteiger partial charge in [-0.15, -0.1) is 0 Å². The first-order valence-corrected chi connectivity index (χ1v) is 13.9. The van der Waals surface area contributed by atoms with E-state index >= 15 is 0 Å². The van der Waals surface area contributed by atoms with Gasteiger partial charge in [-0.2, -0.15) is 0 Å². The first-order chi connectivity index (χ1) is 17.6. The molecule has 0 saturated heterocycles. The molecule has 7 nitrogen and oxygen atoms in total. The van der Waals surface area contributed by atoms with Gasteiger partial charge in [-0.25, -0.2) is 9.97 Å². The number of nitrogens with one attached hydrogen (secondary N) is 1. The fourth-order valence-electron chi connectivity index (χ4n) is 3.88. The van der Waals surface area contributed by atoms with Crippen LogP contribution in [-0.4, -0.2) is 57.7 Å². The highest BCUT2D eigenvalue weighted by atomic mass is 32.2. The van der Waals surface area contributed by atoms with Crippen LogP contribution in [0, 0.1) is 0 Å². The molecule has 1 aliphatic rings. The summed E-state index contributed by atoms with van der Waals surface area (Å²) in [5.41, 5.74) is 3.73. The van der Waals surface area contributed by atoms with E-state index in [-0.39, 0.29) is 0 Å². The van der Waals surface area contributed by atoms with Gasteiger partial charge in [0.2, 0.25) is 5.95 Å². The first-order valence-electron chi connectivity index (χ1n) is 12.4. The predicted molar refractivity (Wildman–Crippen MR) is 146 cm³/mol. The van der Waals surface area contributed by atoms with Crippen molar-refractivity contribution >= 4 is 22.8 Å². The number of hydrogen-bond donors (Lipinski definition) is 1. The summed E-state index contributed by atoms with van der Waals surface area (Å²) in [5.74, 6) is 3.33. The van der Waals surface area contributed by atoms with Gasteiger partial charge in [0.25, 0.3) is 0 Å². The molecule has 0 radical (unpaired) electrons. The van der Waals surface area contributed by atoms with Crippen molar-refractivity contribution in [2.24, 2.45) is 0 Å². The van der Waals surface area contributed by atoms with Crippen LogP contribution < -0.4 is 14.8 Å². The maximum Gasteiger partial charge on any atom is 0.227 e. The van der Waals surface area contributed by atoms with Crippen LogP contribution in [0.25, 0.3) is 11.3 Å². The van der Waals surface area contributed by atoms with Crippen LogP contribution in [0.4, 0.5) is 11.6 Å². The number of fused-ring (bicyclic) bond motifs is 7. The predicted octanol–water partition coefficient (Wildman–Crippen LogP) is 5.20. The van der Waals surface area contributed by atoms with Gasteiger partial charge in [-0.3, -0.25) is 4.90 Å². The van der Waals surface area contributed by atoms with Crippen LogP contribution in [0.3, 0.4) is 0 Å². The van der Waals surface area contributed by atoms with Crippen molar-refractivity contribution in [3.8, 4) is 22.8 Å². The third kappa shape index (κ3) is 7.71.